The summed E-state index contributed by atoms with van der Waals surface area (Å²) in [6.07, 6.45) is 8.37. The lowest BCUT2D eigenvalue weighted by atomic mass is 10.1. The van der Waals surface area contributed by atoms with Gasteiger partial charge in [0.15, 0.2) is 0 Å². The summed E-state index contributed by atoms with van der Waals surface area (Å²) in [5, 5.41) is 12.7. The Kier molecular flexibility index (Phi) is 11.0. The first kappa shape index (κ1) is 26.0. The summed E-state index contributed by atoms with van der Waals surface area (Å²) in [6, 6.07) is 13.2. The van der Waals surface area contributed by atoms with Crippen molar-refractivity contribution >= 4 is 35.2 Å². The molecule has 0 fully saturated rings. The predicted molar refractivity (Wildman–Crippen MR) is 130 cm³/mol. The summed E-state index contributed by atoms with van der Waals surface area (Å²) in [4.78, 5) is 24.2. The number of hydrogen-bond acceptors (Lipinski definition) is 5. The van der Waals surface area contributed by atoms with E-state index in [2.05, 4.69) is 17.0 Å². The second-order valence-electron chi connectivity index (χ2n) is 7.49. The third kappa shape index (κ3) is 8.63. The molecule has 0 heterocycles. The Balaban J connectivity index is 2.06. The number of esters is 1. The minimum absolute atomic E-state index is 0.0984. The number of amides is 1. The Morgan fingerprint density at radius 2 is 1.76 bits per heavy atom. The van der Waals surface area contributed by atoms with Gasteiger partial charge in [-0.2, -0.15) is 5.26 Å². The second kappa shape index (κ2) is 14.0. The molecule has 0 aromatic heterocycles. The van der Waals surface area contributed by atoms with E-state index in [-0.39, 0.29) is 5.57 Å². The van der Waals surface area contributed by atoms with Gasteiger partial charge >= 0.3 is 5.97 Å². The third-order valence-electron chi connectivity index (χ3n) is 4.96. The fraction of sp³-hybridized carbons (Fsp3) is 0.346. The SMILES string of the molecule is CCCCCCCCOc1ccc(Cl)cc1/C=C(/C#N)C(=O)Nc1ccc(C(=O)OC)cc1. The van der Waals surface area contributed by atoms with Crippen LogP contribution >= 0.6 is 11.6 Å². The smallest absolute Gasteiger partial charge is 0.337 e. The summed E-state index contributed by atoms with van der Waals surface area (Å²) < 4.78 is 10.6. The maximum atomic E-state index is 12.6. The lowest BCUT2D eigenvalue weighted by Crippen LogP contribution is -2.13. The van der Waals surface area contributed by atoms with Gasteiger partial charge in [0.05, 0.1) is 19.3 Å². The van der Waals surface area contributed by atoms with Crippen molar-refractivity contribution in [1.29, 1.82) is 5.26 Å². The van der Waals surface area contributed by atoms with Gasteiger partial charge in [0.1, 0.15) is 17.4 Å². The highest BCUT2D eigenvalue weighted by atomic mass is 35.5. The zero-order chi connectivity index (χ0) is 24.1. The summed E-state index contributed by atoms with van der Waals surface area (Å²) in [6.45, 7) is 2.74. The number of carbonyl (C=O) groups is 2. The van der Waals surface area contributed by atoms with Crippen LogP contribution in [-0.2, 0) is 9.53 Å². The molecule has 1 amide bonds. The van der Waals surface area contributed by atoms with Gasteiger partial charge in [-0.1, -0.05) is 50.6 Å². The number of nitriles is 1. The van der Waals surface area contributed by atoms with Crippen LogP contribution in [0.4, 0.5) is 5.69 Å². The molecule has 0 aliphatic heterocycles. The highest BCUT2D eigenvalue weighted by Gasteiger charge is 2.13. The molecule has 2 rings (SSSR count). The van der Waals surface area contributed by atoms with E-state index in [9.17, 15) is 14.9 Å². The molecule has 7 heteroatoms. The molecule has 0 saturated carbocycles. The maximum absolute atomic E-state index is 12.6. The van der Waals surface area contributed by atoms with Crippen LogP contribution in [-0.4, -0.2) is 25.6 Å². The average Bonchev–Trinajstić information content (AvgIpc) is 2.82. The van der Waals surface area contributed by atoms with Gasteiger partial charge in [0.2, 0.25) is 0 Å². The molecule has 2 aromatic carbocycles. The van der Waals surface area contributed by atoms with Crippen molar-refractivity contribution < 1.29 is 19.1 Å². The van der Waals surface area contributed by atoms with Crippen molar-refractivity contribution in [3.8, 4) is 11.8 Å². The van der Waals surface area contributed by atoms with Crippen LogP contribution in [0.5, 0.6) is 5.75 Å². The van der Waals surface area contributed by atoms with Gasteiger partial charge in [-0.05, 0) is 55.0 Å². The lowest BCUT2D eigenvalue weighted by Gasteiger charge is -2.11. The van der Waals surface area contributed by atoms with Crippen LogP contribution in [0.3, 0.4) is 0 Å². The summed E-state index contributed by atoms with van der Waals surface area (Å²) in [7, 11) is 1.30. The Hall–Kier alpha value is -3.30. The van der Waals surface area contributed by atoms with E-state index < -0.39 is 11.9 Å². The number of unbranched alkanes of at least 4 members (excludes halogenated alkanes) is 5. The molecule has 0 aliphatic carbocycles. The summed E-state index contributed by atoms with van der Waals surface area (Å²) in [5.41, 5.74) is 1.26. The van der Waals surface area contributed by atoms with Gasteiger partial charge < -0.3 is 14.8 Å². The molecule has 0 bridgehead atoms. The van der Waals surface area contributed by atoms with Gasteiger partial charge in [0, 0.05) is 16.3 Å². The van der Waals surface area contributed by atoms with Crippen molar-refractivity contribution in [2.24, 2.45) is 0 Å². The number of nitrogens with zero attached hydrogens (tertiary/aromatic N) is 1. The van der Waals surface area contributed by atoms with Crippen molar-refractivity contribution in [3.05, 3.63) is 64.2 Å². The second-order valence-corrected chi connectivity index (χ2v) is 7.93. The normalized spacial score (nSPS) is 10.9. The monoisotopic (exact) mass is 468 g/mol. The zero-order valence-electron chi connectivity index (χ0n) is 19.0. The number of benzene rings is 2. The number of nitrogens with one attached hydrogen (secondary N) is 1. The highest BCUT2D eigenvalue weighted by molar-refractivity contribution is 6.30. The average molecular weight is 469 g/mol. The third-order valence-corrected chi connectivity index (χ3v) is 5.19. The molecule has 0 radical (unpaired) electrons. The van der Waals surface area contributed by atoms with E-state index in [0.717, 1.165) is 12.8 Å². The number of carbonyl (C=O) groups excluding carboxylic acids is 2. The topological polar surface area (TPSA) is 88.4 Å². The Labute approximate surface area is 200 Å². The van der Waals surface area contributed by atoms with E-state index in [1.807, 2.05) is 6.07 Å². The minimum Gasteiger partial charge on any atom is -0.493 e. The van der Waals surface area contributed by atoms with Gasteiger partial charge in [-0.25, -0.2) is 4.79 Å². The van der Waals surface area contributed by atoms with Crippen molar-refractivity contribution in [1.82, 2.24) is 0 Å². The molecule has 0 unspecified atom stereocenters. The van der Waals surface area contributed by atoms with Crippen molar-refractivity contribution in [2.45, 2.75) is 45.4 Å². The highest BCUT2D eigenvalue weighted by Crippen LogP contribution is 2.26. The predicted octanol–water partition coefficient (Wildman–Crippen LogP) is 6.41. The van der Waals surface area contributed by atoms with E-state index in [4.69, 9.17) is 16.3 Å². The molecule has 2 aromatic rings. The van der Waals surface area contributed by atoms with Crippen LogP contribution < -0.4 is 10.1 Å². The molecule has 0 atom stereocenters. The molecule has 0 spiro atoms. The molecule has 0 aliphatic rings. The molecule has 174 valence electrons. The van der Waals surface area contributed by atoms with Crippen LogP contribution in [0.15, 0.2) is 48.0 Å². The fourth-order valence-corrected chi connectivity index (χ4v) is 3.32. The summed E-state index contributed by atoms with van der Waals surface area (Å²) in [5.74, 6) is -0.485. The Morgan fingerprint density at radius 1 is 1.06 bits per heavy atom. The number of ether oxygens (including phenoxy) is 2. The fourth-order valence-electron chi connectivity index (χ4n) is 3.14. The molecule has 6 nitrogen and oxygen atoms in total. The number of hydrogen-bond donors (Lipinski definition) is 1. The first-order valence-corrected chi connectivity index (χ1v) is 11.4. The van der Waals surface area contributed by atoms with Gasteiger partial charge in [-0.15, -0.1) is 0 Å². The molecule has 0 saturated heterocycles. The maximum Gasteiger partial charge on any atom is 0.337 e. The van der Waals surface area contributed by atoms with Crippen molar-refractivity contribution in [3.63, 3.8) is 0 Å². The number of rotatable bonds is 12. The molecule has 33 heavy (non-hydrogen) atoms. The van der Waals surface area contributed by atoms with E-state index in [1.165, 1.54) is 51.0 Å². The van der Waals surface area contributed by atoms with Crippen LogP contribution in [0.1, 0.15) is 61.4 Å². The molecular formula is C26H29ClN2O4. The first-order chi connectivity index (χ1) is 16.0. The van der Waals surface area contributed by atoms with Gasteiger partial charge in [-0.3, -0.25) is 4.79 Å². The molecule has 1 N–H and O–H groups in total. The number of anilines is 1. The van der Waals surface area contributed by atoms with Crippen LogP contribution in [0.2, 0.25) is 5.02 Å². The van der Waals surface area contributed by atoms with E-state index >= 15 is 0 Å². The van der Waals surface area contributed by atoms with Crippen LogP contribution in [0.25, 0.3) is 6.08 Å². The minimum atomic E-state index is -0.579. The quantitative estimate of drug-likeness (QED) is 0.168. The largest absolute Gasteiger partial charge is 0.493 e. The zero-order valence-corrected chi connectivity index (χ0v) is 19.8. The number of methoxy groups -OCH3 is 1. The Morgan fingerprint density at radius 3 is 2.42 bits per heavy atom. The standard InChI is InChI=1S/C26H29ClN2O4/c1-3-4-5-6-7-8-15-33-24-14-11-22(27)17-20(24)16-21(18-28)25(30)29-23-12-9-19(10-13-23)26(31)32-2/h9-14,16-17H,3-8,15H2,1-2H3,(H,29,30)/b21-16-. The van der Waals surface area contributed by atoms with E-state index in [1.54, 1.807) is 30.3 Å². The Bertz CT molecular complexity index is 1010. The first-order valence-electron chi connectivity index (χ1n) is 11.0. The van der Waals surface area contributed by atoms with Crippen LogP contribution in [0, 0.1) is 11.3 Å². The van der Waals surface area contributed by atoms with E-state index in [0.29, 0.717) is 34.2 Å². The van der Waals surface area contributed by atoms with Crippen molar-refractivity contribution in [2.75, 3.05) is 19.0 Å². The number of halogens is 1. The summed E-state index contributed by atoms with van der Waals surface area (Å²) >= 11 is 6.13. The molecular weight excluding hydrogens is 440 g/mol. The van der Waals surface area contributed by atoms with Gasteiger partial charge in [0.25, 0.3) is 5.91 Å². The lowest BCUT2D eigenvalue weighted by molar-refractivity contribution is -0.112.